The first-order chi connectivity index (χ1) is 10.2. The van der Waals surface area contributed by atoms with Crippen LogP contribution in [-0.2, 0) is 6.54 Å². The Kier molecular flexibility index (Phi) is 4.73. The lowest BCUT2D eigenvalue weighted by Gasteiger charge is -2.11. The zero-order chi connectivity index (χ0) is 15.2. The van der Waals surface area contributed by atoms with Crippen molar-refractivity contribution in [2.75, 3.05) is 14.2 Å². The summed E-state index contributed by atoms with van der Waals surface area (Å²) < 4.78 is 10.7. The summed E-state index contributed by atoms with van der Waals surface area (Å²) in [4.78, 5) is 10.5. The SMILES string of the molecule is CNCc1ccccc1Oc1ccc(OC)c([N+](=O)[O-])c1. The summed E-state index contributed by atoms with van der Waals surface area (Å²) in [6.45, 7) is 0.647. The van der Waals surface area contributed by atoms with Gasteiger partial charge in [0.15, 0.2) is 5.75 Å². The Morgan fingerprint density at radius 3 is 2.62 bits per heavy atom. The standard InChI is InChI=1S/C15H16N2O4/c1-16-10-11-5-3-4-6-14(11)21-12-7-8-15(20-2)13(9-12)17(18)19/h3-9,16H,10H2,1-2H3. The third kappa shape index (κ3) is 3.49. The van der Waals surface area contributed by atoms with Crippen LogP contribution in [0.2, 0.25) is 0 Å². The molecule has 0 radical (unpaired) electrons. The number of benzene rings is 2. The van der Waals surface area contributed by atoms with Gasteiger partial charge in [-0.15, -0.1) is 0 Å². The van der Waals surface area contributed by atoms with Gasteiger partial charge in [0, 0.05) is 12.1 Å². The maximum Gasteiger partial charge on any atom is 0.314 e. The van der Waals surface area contributed by atoms with Gasteiger partial charge in [-0.1, -0.05) is 18.2 Å². The van der Waals surface area contributed by atoms with E-state index in [1.165, 1.54) is 19.2 Å². The molecular weight excluding hydrogens is 272 g/mol. The summed E-state index contributed by atoms with van der Waals surface area (Å²) in [5, 5.41) is 14.1. The zero-order valence-electron chi connectivity index (χ0n) is 11.8. The van der Waals surface area contributed by atoms with E-state index in [1.807, 2.05) is 31.3 Å². The molecule has 0 aromatic heterocycles. The fourth-order valence-corrected chi connectivity index (χ4v) is 1.94. The predicted octanol–water partition coefficient (Wildman–Crippen LogP) is 3.12. The number of rotatable bonds is 6. The van der Waals surface area contributed by atoms with Crippen molar-refractivity contribution in [3.63, 3.8) is 0 Å². The van der Waals surface area contributed by atoms with Gasteiger partial charge in [0.1, 0.15) is 11.5 Å². The van der Waals surface area contributed by atoms with Crippen LogP contribution >= 0.6 is 0 Å². The largest absolute Gasteiger partial charge is 0.490 e. The molecule has 1 N–H and O–H groups in total. The molecule has 2 rings (SSSR count). The summed E-state index contributed by atoms with van der Waals surface area (Å²) in [5.74, 6) is 1.26. The Morgan fingerprint density at radius 1 is 1.19 bits per heavy atom. The lowest BCUT2D eigenvalue weighted by Crippen LogP contribution is -2.06. The van der Waals surface area contributed by atoms with Crippen molar-refractivity contribution in [1.82, 2.24) is 5.32 Å². The van der Waals surface area contributed by atoms with E-state index in [9.17, 15) is 10.1 Å². The van der Waals surface area contributed by atoms with Gasteiger partial charge in [-0.25, -0.2) is 0 Å². The Labute approximate surface area is 122 Å². The van der Waals surface area contributed by atoms with Gasteiger partial charge in [0.2, 0.25) is 0 Å². The molecule has 21 heavy (non-hydrogen) atoms. The highest BCUT2D eigenvalue weighted by Crippen LogP contribution is 2.33. The Balaban J connectivity index is 2.32. The van der Waals surface area contributed by atoms with Crippen LogP contribution in [0.5, 0.6) is 17.2 Å². The fraction of sp³-hybridized carbons (Fsp3) is 0.200. The maximum atomic E-state index is 11.0. The van der Waals surface area contributed by atoms with Crippen molar-refractivity contribution in [3.05, 3.63) is 58.1 Å². The van der Waals surface area contributed by atoms with Crippen molar-refractivity contribution >= 4 is 5.69 Å². The van der Waals surface area contributed by atoms with Crippen molar-refractivity contribution in [3.8, 4) is 17.2 Å². The number of hydrogen-bond acceptors (Lipinski definition) is 5. The molecule has 0 aliphatic rings. The second-order valence-electron chi connectivity index (χ2n) is 4.33. The molecule has 0 atom stereocenters. The third-order valence-corrected chi connectivity index (χ3v) is 2.91. The molecule has 2 aromatic rings. The second-order valence-corrected chi connectivity index (χ2v) is 4.33. The Bertz CT molecular complexity index is 643. The molecule has 0 spiro atoms. The van der Waals surface area contributed by atoms with Gasteiger partial charge in [-0.05, 0) is 25.2 Å². The van der Waals surface area contributed by atoms with E-state index in [0.29, 0.717) is 18.0 Å². The molecule has 0 saturated heterocycles. The maximum absolute atomic E-state index is 11.0. The lowest BCUT2D eigenvalue weighted by molar-refractivity contribution is -0.385. The first-order valence-corrected chi connectivity index (χ1v) is 6.38. The van der Waals surface area contributed by atoms with Gasteiger partial charge >= 0.3 is 5.69 Å². The Hall–Kier alpha value is -2.60. The molecule has 6 heteroatoms. The van der Waals surface area contributed by atoms with Gasteiger partial charge in [0.25, 0.3) is 0 Å². The normalized spacial score (nSPS) is 10.2. The molecule has 0 heterocycles. The number of nitro benzene ring substituents is 1. The van der Waals surface area contributed by atoms with E-state index in [-0.39, 0.29) is 11.4 Å². The van der Waals surface area contributed by atoms with Gasteiger partial charge < -0.3 is 14.8 Å². The van der Waals surface area contributed by atoms with Crippen molar-refractivity contribution in [2.45, 2.75) is 6.54 Å². The highest BCUT2D eigenvalue weighted by molar-refractivity contribution is 5.52. The summed E-state index contributed by atoms with van der Waals surface area (Å²) in [6.07, 6.45) is 0. The molecule has 0 saturated carbocycles. The van der Waals surface area contributed by atoms with E-state index < -0.39 is 4.92 Å². The smallest absolute Gasteiger partial charge is 0.314 e. The number of methoxy groups -OCH3 is 1. The molecule has 0 unspecified atom stereocenters. The van der Waals surface area contributed by atoms with Crippen LogP contribution in [0.4, 0.5) is 5.69 Å². The summed E-state index contributed by atoms with van der Waals surface area (Å²) in [7, 11) is 3.24. The van der Waals surface area contributed by atoms with Gasteiger partial charge in [0.05, 0.1) is 18.1 Å². The van der Waals surface area contributed by atoms with Crippen LogP contribution in [0.1, 0.15) is 5.56 Å². The van der Waals surface area contributed by atoms with Crippen LogP contribution in [-0.4, -0.2) is 19.1 Å². The fourth-order valence-electron chi connectivity index (χ4n) is 1.94. The zero-order valence-corrected chi connectivity index (χ0v) is 11.8. The van der Waals surface area contributed by atoms with Crippen LogP contribution in [0.15, 0.2) is 42.5 Å². The van der Waals surface area contributed by atoms with Gasteiger partial charge in [-0.3, -0.25) is 10.1 Å². The minimum atomic E-state index is -0.495. The first-order valence-electron chi connectivity index (χ1n) is 6.38. The predicted molar refractivity (Wildman–Crippen MR) is 78.9 cm³/mol. The molecule has 6 nitrogen and oxygen atoms in total. The molecule has 0 aliphatic heterocycles. The molecule has 0 amide bonds. The van der Waals surface area contributed by atoms with Crippen LogP contribution in [0.3, 0.4) is 0 Å². The monoisotopic (exact) mass is 288 g/mol. The highest BCUT2D eigenvalue weighted by atomic mass is 16.6. The number of nitro groups is 1. The summed E-state index contributed by atoms with van der Waals surface area (Å²) in [5.41, 5.74) is 0.847. The number of ether oxygens (including phenoxy) is 2. The van der Waals surface area contributed by atoms with Crippen molar-refractivity contribution in [2.24, 2.45) is 0 Å². The summed E-state index contributed by atoms with van der Waals surface area (Å²) >= 11 is 0. The van der Waals surface area contributed by atoms with E-state index in [1.54, 1.807) is 6.07 Å². The lowest BCUT2D eigenvalue weighted by atomic mass is 10.2. The van der Waals surface area contributed by atoms with Crippen molar-refractivity contribution in [1.29, 1.82) is 0 Å². The average molecular weight is 288 g/mol. The molecule has 110 valence electrons. The molecular formula is C15H16N2O4. The van der Waals surface area contributed by atoms with Gasteiger partial charge in [-0.2, -0.15) is 0 Å². The number of para-hydroxylation sites is 1. The highest BCUT2D eigenvalue weighted by Gasteiger charge is 2.16. The first kappa shape index (κ1) is 14.8. The quantitative estimate of drug-likeness (QED) is 0.653. The Morgan fingerprint density at radius 2 is 1.95 bits per heavy atom. The van der Waals surface area contributed by atoms with E-state index in [4.69, 9.17) is 9.47 Å². The van der Waals surface area contributed by atoms with Crippen molar-refractivity contribution < 1.29 is 14.4 Å². The van der Waals surface area contributed by atoms with Crippen LogP contribution in [0, 0.1) is 10.1 Å². The molecule has 2 aromatic carbocycles. The minimum Gasteiger partial charge on any atom is -0.490 e. The topological polar surface area (TPSA) is 73.6 Å². The number of hydrogen-bond donors (Lipinski definition) is 1. The number of nitrogens with one attached hydrogen (secondary N) is 1. The molecule has 0 aliphatic carbocycles. The van der Waals surface area contributed by atoms with E-state index >= 15 is 0 Å². The molecule has 0 fully saturated rings. The van der Waals surface area contributed by atoms with Crippen LogP contribution < -0.4 is 14.8 Å². The average Bonchev–Trinajstić information content (AvgIpc) is 2.49. The molecule has 0 bridgehead atoms. The third-order valence-electron chi connectivity index (χ3n) is 2.91. The van der Waals surface area contributed by atoms with E-state index in [0.717, 1.165) is 5.56 Å². The summed E-state index contributed by atoms with van der Waals surface area (Å²) in [6, 6.07) is 12.0. The van der Waals surface area contributed by atoms with Crippen LogP contribution in [0.25, 0.3) is 0 Å². The second kappa shape index (κ2) is 6.71. The van der Waals surface area contributed by atoms with E-state index in [2.05, 4.69) is 5.32 Å². The minimum absolute atomic E-state index is 0.124. The number of nitrogens with zero attached hydrogens (tertiary/aromatic N) is 1.